The summed E-state index contributed by atoms with van der Waals surface area (Å²) >= 11 is 0. The monoisotopic (exact) mass is 294 g/mol. The molecule has 0 spiro atoms. The quantitative estimate of drug-likeness (QED) is 0.906. The number of aryl methyl sites for hydroxylation is 1. The molecular weight excluding hydrogens is 281 g/mol. The van der Waals surface area contributed by atoms with E-state index >= 15 is 0 Å². The lowest BCUT2D eigenvalue weighted by atomic mass is 9.96. The van der Waals surface area contributed by atoms with Crippen LogP contribution in [0.15, 0.2) is 30.3 Å². The van der Waals surface area contributed by atoms with Gasteiger partial charge in [0.2, 0.25) is 0 Å². The number of carbonyl (C=O) groups is 1. The second-order valence-electron chi connectivity index (χ2n) is 4.68. The minimum Gasteiger partial charge on any atom is -0.478 e. The zero-order chi connectivity index (χ0) is 15.6. The summed E-state index contributed by atoms with van der Waals surface area (Å²) in [6, 6.07) is 5.52. The Balaban J connectivity index is 2.64. The maximum absolute atomic E-state index is 14.1. The van der Waals surface area contributed by atoms with E-state index in [1.54, 1.807) is 6.07 Å². The number of hydrogen-bond acceptors (Lipinski definition) is 1. The molecule has 2 aromatic rings. The van der Waals surface area contributed by atoms with E-state index in [9.17, 15) is 18.0 Å². The van der Waals surface area contributed by atoms with Gasteiger partial charge in [-0.05, 0) is 24.1 Å². The molecule has 0 aliphatic heterocycles. The highest BCUT2D eigenvalue weighted by Gasteiger charge is 2.21. The Bertz CT molecular complexity index is 696. The van der Waals surface area contributed by atoms with Gasteiger partial charge < -0.3 is 5.11 Å². The maximum Gasteiger partial charge on any atom is 0.339 e. The maximum atomic E-state index is 14.1. The first-order valence-electron chi connectivity index (χ1n) is 6.45. The van der Waals surface area contributed by atoms with Crippen LogP contribution in [0, 0.1) is 17.5 Å². The molecule has 0 radical (unpaired) electrons. The van der Waals surface area contributed by atoms with Crippen molar-refractivity contribution < 1.29 is 23.1 Å². The van der Waals surface area contributed by atoms with Gasteiger partial charge in [0.15, 0.2) is 0 Å². The Morgan fingerprint density at radius 2 is 1.76 bits per heavy atom. The van der Waals surface area contributed by atoms with Crippen LogP contribution in [0.4, 0.5) is 13.2 Å². The Labute approximate surface area is 119 Å². The van der Waals surface area contributed by atoms with Crippen molar-refractivity contribution >= 4 is 5.97 Å². The van der Waals surface area contributed by atoms with Crippen LogP contribution in [0.25, 0.3) is 11.1 Å². The van der Waals surface area contributed by atoms with Crippen molar-refractivity contribution in [1.29, 1.82) is 0 Å². The van der Waals surface area contributed by atoms with Gasteiger partial charge in [0.05, 0.1) is 0 Å². The molecular formula is C16H13F3O2. The summed E-state index contributed by atoms with van der Waals surface area (Å²) in [6.45, 7) is 1.94. The first-order valence-corrected chi connectivity index (χ1v) is 6.45. The van der Waals surface area contributed by atoms with Crippen molar-refractivity contribution in [1.82, 2.24) is 0 Å². The highest BCUT2D eigenvalue weighted by atomic mass is 19.1. The first-order chi connectivity index (χ1) is 9.93. The molecule has 2 aromatic carbocycles. The Morgan fingerprint density at radius 1 is 1.05 bits per heavy atom. The minimum absolute atomic E-state index is 0.134. The number of hydrogen-bond donors (Lipinski definition) is 1. The van der Waals surface area contributed by atoms with Gasteiger partial charge in [0.25, 0.3) is 0 Å². The molecule has 21 heavy (non-hydrogen) atoms. The van der Waals surface area contributed by atoms with Crippen LogP contribution in [0.3, 0.4) is 0 Å². The molecule has 0 saturated carbocycles. The summed E-state index contributed by atoms with van der Waals surface area (Å²) in [5, 5.41) is 9.04. The lowest BCUT2D eigenvalue weighted by molar-refractivity contribution is 0.0692. The van der Waals surface area contributed by atoms with Gasteiger partial charge in [0, 0.05) is 17.2 Å². The Kier molecular flexibility index (Phi) is 4.31. The molecule has 2 nitrogen and oxygen atoms in total. The van der Waals surface area contributed by atoms with Crippen molar-refractivity contribution in [2.24, 2.45) is 0 Å². The van der Waals surface area contributed by atoms with Gasteiger partial charge in [-0.2, -0.15) is 0 Å². The molecule has 0 fully saturated rings. The SMILES string of the molecule is CCCc1ccc(-c2cc(F)cc(F)c2C(=O)O)c(F)c1. The second kappa shape index (κ2) is 5.99. The lowest BCUT2D eigenvalue weighted by Crippen LogP contribution is -2.05. The van der Waals surface area contributed by atoms with Crippen LogP contribution in [-0.4, -0.2) is 11.1 Å². The molecule has 0 bridgehead atoms. The zero-order valence-corrected chi connectivity index (χ0v) is 11.3. The molecule has 0 aliphatic carbocycles. The van der Waals surface area contributed by atoms with Gasteiger partial charge >= 0.3 is 5.97 Å². The highest BCUT2D eigenvalue weighted by molar-refractivity contribution is 5.96. The van der Waals surface area contributed by atoms with Gasteiger partial charge in [-0.25, -0.2) is 18.0 Å². The number of carboxylic acid groups (broad SMARTS) is 1. The summed E-state index contributed by atoms with van der Waals surface area (Å²) in [5.41, 5.74) is -0.433. The smallest absolute Gasteiger partial charge is 0.339 e. The fraction of sp³-hybridized carbons (Fsp3) is 0.188. The summed E-state index contributed by atoms with van der Waals surface area (Å²) in [4.78, 5) is 11.1. The van der Waals surface area contributed by atoms with Crippen molar-refractivity contribution in [2.45, 2.75) is 19.8 Å². The number of benzene rings is 2. The third-order valence-corrected chi connectivity index (χ3v) is 3.13. The fourth-order valence-corrected chi connectivity index (χ4v) is 2.22. The van der Waals surface area contributed by atoms with E-state index < -0.39 is 29.0 Å². The van der Waals surface area contributed by atoms with Crippen molar-refractivity contribution in [3.63, 3.8) is 0 Å². The van der Waals surface area contributed by atoms with Crippen molar-refractivity contribution in [3.8, 4) is 11.1 Å². The number of halogens is 3. The fourth-order valence-electron chi connectivity index (χ4n) is 2.22. The molecule has 2 rings (SSSR count). The molecule has 0 amide bonds. The van der Waals surface area contributed by atoms with Crippen molar-refractivity contribution in [2.75, 3.05) is 0 Å². The first kappa shape index (κ1) is 15.1. The number of aromatic carboxylic acids is 1. The van der Waals surface area contributed by atoms with Gasteiger partial charge in [0.1, 0.15) is 23.0 Å². The van der Waals surface area contributed by atoms with E-state index in [-0.39, 0.29) is 11.1 Å². The average molecular weight is 294 g/mol. The second-order valence-corrected chi connectivity index (χ2v) is 4.68. The van der Waals surface area contributed by atoms with Gasteiger partial charge in [-0.1, -0.05) is 25.5 Å². The molecule has 0 heterocycles. The predicted molar refractivity (Wildman–Crippen MR) is 72.7 cm³/mol. The molecule has 0 saturated heterocycles. The van der Waals surface area contributed by atoms with Crippen LogP contribution >= 0.6 is 0 Å². The van der Waals surface area contributed by atoms with E-state index in [0.29, 0.717) is 12.5 Å². The predicted octanol–water partition coefficient (Wildman–Crippen LogP) is 4.42. The normalized spacial score (nSPS) is 10.7. The van der Waals surface area contributed by atoms with Crippen LogP contribution in [0.2, 0.25) is 0 Å². The van der Waals surface area contributed by atoms with E-state index in [4.69, 9.17) is 5.11 Å². The molecule has 0 aromatic heterocycles. The van der Waals surface area contributed by atoms with Crippen LogP contribution < -0.4 is 0 Å². The summed E-state index contributed by atoms with van der Waals surface area (Å²) in [6.07, 6.45) is 1.49. The molecule has 0 aliphatic rings. The third kappa shape index (κ3) is 3.07. The summed E-state index contributed by atoms with van der Waals surface area (Å²) < 4.78 is 41.1. The standard InChI is InChI=1S/C16H13F3O2/c1-2-3-9-4-5-11(13(18)6-9)12-7-10(17)8-14(19)15(12)16(20)21/h4-8H,2-3H2,1H3,(H,20,21). The topological polar surface area (TPSA) is 37.3 Å². The van der Waals surface area contributed by atoms with E-state index in [0.717, 1.165) is 18.1 Å². The third-order valence-electron chi connectivity index (χ3n) is 3.13. The Morgan fingerprint density at radius 3 is 2.33 bits per heavy atom. The van der Waals surface area contributed by atoms with Crippen LogP contribution in [0.1, 0.15) is 29.3 Å². The molecule has 110 valence electrons. The number of carboxylic acids is 1. The number of rotatable bonds is 4. The van der Waals surface area contributed by atoms with Crippen LogP contribution in [-0.2, 0) is 6.42 Å². The largest absolute Gasteiger partial charge is 0.478 e. The average Bonchev–Trinajstić information content (AvgIpc) is 2.37. The molecule has 0 unspecified atom stereocenters. The van der Waals surface area contributed by atoms with Crippen molar-refractivity contribution in [3.05, 3.63) is 58.9 Å². The Hall–Kier alpha value is -2.30. The highest BCUT2D eigenvalue weighted by Crippen LogP contribution is 2.30. The van der Waals surface area contributed by atoms with Crippen LogP contribution in [0.5, 0.6) is 0 Å². The van der Waals surface area contributed by atoms with Gasteiger partial charge in [-0.3, -0.25) is 0 Å². The van der Waals surface area contributed by atoms with E-state index in [1.807, 2.05) is 6.92 Å². The van der Waals surface area contributed by atoms with Gasteiger partial charge in [-0.15, -0.1) is 0 Å². The summed E-state index contributed by atoms with van der Waals surface area (Å²) in [5.74, 6) is -4.45. The van der Waals surface area contributed by atoms with E-state index in [2.05, 4.69) is 0 Å². The molecule has 1 N–H and O–H groups in total. The lowest BCUT2D eigenvalue weighted by Gasteiger charge is -2.10. The van der Waals surface area contributed by atoms with E-state index in [1.165, 1.54) is 12.1 Å². The summed E-state index contributed by atoms with van der Waals surface area (Å²) in [7, 11) is 0. The zero-order valence-electron chi connectivity index (χ0n) is 11.3. The molecule has 0 atom stereocenters. The minimum atomic E-state index is -1.57. The molecule has 5 heteroatoms.